The molecular weight excluding hydrogens is 499 g/mol. The number of halogens is 4. The highest BCUT2D eigenvalue weighted by Gasteiger charge is 2.25. The zero-order valence-corrected chi connectivity index (χ0v) is 16.8. The highest BCUT2D eigenvalue weighted by Crippen LogP contribution is 2.39. The van der Waals surface area contributed by atoms with Crippen LogP contribution in [-0.4, -0.2) is 25.3 Å². The number of benzene rings is 2. The van der Waals surface area contributed by atoms with Gasteiger partial charge in [-0.1, -0.05) is 15.9 Å². The van der Waals surface area contributed by atoms with Gasteiger partial charge in [-0.2, -0.15) is 0 Å². The van der Waals surface area contributed by atoms with Crippen LogP contribution in [-0.2, 0) is 27.2 Å². The molecule has 0 atom stereocenters. The first-order chi connectivity index (χ1) is 10.2. The molecule has 0 aromatic heterocycles. The van der Waals surface area contributed by atoms with Crippen LogP contribution in [0, 0.1) is 0 Å². The summed E-state index contributed by atoms with van der Waals surface area (Å²) in [6, 6.07) is 3.98. The highest BCUT2D eigenvalue weighted by atomic mass is 79.9. The zero-order valence-electron chi connectivity index (χ0n) is 10.5. The Hall–Kier alpha value is -0.100. The molecule has 2 aromatic rings. The fourth-order valence-corrected chi connectivity index (χ4v) is 5.60. The molecule has 0 fully saturated rings. The standard InChI is InChI=1S/C10H4BrCl3O6S3/c11-7-1-2-8(22(13,17)18)6-3-5(21(12,15)16)4-9(10(6)7)23(14,19)20/h1-4H. The van der Waals surface area contributed by atoms with Gasteiger partial charge in [-0.15, -0.1) is 0 Å². The minimum Gasteiger partial charge on any atom is -0.207 e. The number of hydrogen-bond acceptors (Lipinski definition) is 6. The van der Waals surface area contributed by atoms with E-state index in [1.165, 1.54) is 6.07 Å². The van der Waals surface area contributed by atoms with Crippen LogP contribution in [0.15, 0.2) is 43.4 Å². The van der Waals surface area contributed by atoms with Crippen LogP contribution in [0.3, 0.4) is 0 Å². The summed E-state index contributed by atoms with van der Waals surface area (Å²) >= 11 is 3.07. The van der Waals surface area contributed by atoms with Gasteiger partial charge in [0, 0.05) is 47.3 Å². The van der Waals surface area contributed by atoms with E-state index in [1.54, 1.807) is 0 Å². The van der Waals surface area contributed by atoms with E-state index in [1.807, 2.05) is 0 Å². The van der Waals surface area contributed by atoms with Crippen molar-refractivity contribution in [1.82, 2.24) is 0 Å². The molecule has 0 unspecified atom stereocenters. The molecule has 2 rings (SSSR count). The molecule has 126 valence electrons. The molecule has 13 heteroatoms. The smallest absolute Gasteiger partial charge is 0.207 e. The van der Waals surface area contributed by atoms with Crippen LogP contribution >= 0.6 is 48.0 Å². The van der Waals surface area contributed by atoms with Gasteiger partial charge in [0.2, 0.25) is 0 Å². The maximum Gasteiger partial charge on any atom is 0.262 e. The second-order valence-corrected chi connectivity index (χ2v) is 12.7. The molecule has 0 amide bonds. The quantitative estimate of drug-likeness (QED) is 0.596. The Labute approximate surface area is 153 Å². The van der Waals surface area contributed by atoms with E-state index in [2.05, 4.69) is 15.9 Å². The van der Waals surface area contributed by atoms with Crippen molar-refractivity contribution in [3.63, 3.8) is 0 Å². The van der Waals surface area contributed by atoms with E-state index in [-0.39, 0.29) is 15.2 Å². The first kappa shape index (κ1) is 19.2. The second-order valence-electron chi connectivity index (χ2n) is 4.20. The molecule has 0 saturated carbocycles. The van der Waals surface area contributed by atoms with Crippen molar-refractivity contribution in [1.29, 1.82) is 0 Å². The van der Waals surface area contributed by atoms with Crippen molar-refractivity contribution < 1.29 is 25.3 Å². The zero-order chi connectivity index (χ0) is 17.8. The largest absolute Gasteiger partial charge is 0.262 e. The molecule has 0 N–H and O–H groups in total. The lowest BCUT2D eigenvalue weighted by atomic mass is 10.1. The lowest BCUT2D eigenvalue weighted by Crippen LogP contribution is -2.01. The molecule has 0 radical (unpaired) electrons. The Morgan fingerprint density at radius 1 is 0.739 bits per heavy atom. The normalized spacial score (nSPS) is 13.4. The Bertz CT molecular complexity index is 1140. The third-order valence-electron chi connectivity index (χ3n) is 2.77. The van der Waals surface area contributed by atoms with Gasteiger partial charge in [0.15, 0.2) is 0 Å². The van der Waals surface area contributed by atoms with E-state index >= 15 is 0 Å². The minimum absolute atomic E-state index is 0.134. The first-order valence-corrected chi connectivity index (χ1v) is 13.1. The molecule has 0 aliphatic carbocycles. The highest BCUT2D eigenvalue weighted by molar-refractivity contribution is 9.10. The SMILES string of the molecule is O=S(=O)(Cl)c1cc(S(=O)(=O)Cl)c2c(Br)ccc(S(=O)(=O)Cl)c2c1. The van der Waals surface area contributed by atoms with Crippen LogP contribution in [0.2, 0.25) is 0 Å². The molecule has 6 nitrogen and oxygen atoms in total. The molecule has 0 aliphatic rings. The van der Waals surface area contributed by atoms with Gasteiger partial charge in [-0.3, -0.25) is 0 Å². The Morgan fingerprint density at radius 2 is 1.26 bits per heavy atom. The van der Waals surface area contributed by atoms with Crippen LogP contribution in [0.5, 0.6) is 0 Å². The summed E-state index contributed by atoms with van der Waals surface area (Å²) in [5.41, 5.74) is 0. The summed E-state index contributed by atoms with van der Waals surface area (Å²) < 4.78 is 70.1. The molecule has 0 spiro atoms. The molecule has 0 aliphatic heterocycles. The molecule has 0 saturated heterocycles. The summed E-state index contributed by atoms with van der Waals surface area (Å²) in [5, 5.41) is -0.388. The van der Waals surface area contributed by atoms with E-state index in [4.69, 9.17) is 32.0 Å². The van der Waals surface area contributed by atoms with Crippen molar-refractivity contribution in [2.24, 2.45) is 0 Å². The van der Waals surface area contributed by atoms with E-state index < -0.39 is 41.8 Å². The van der Waals surface area contributed by atoms with Gasteiger partial charge in [0.05, 0.1) is 14.7 Å². The van der Waals surface area contributed by atoms with Gasteiger partial charge in [-0.25, -0.2) is 25.3 Å². The molecule has 0 bridgehead atoms. The molecule has 0 heterocycles. The van der Waals surface area contributed by atoms with Crippen LogP contribution in [0.25, 0.3) is 10.8 Å². The van der Waals surface area contributed by atoms with Crippen molar-refractivity contribution in [2.75, 3.05) is 0 Å². The Morgan fingerprint density at radius 3 is 1.70 bits per heavy atom. The maximum absolute atomic E-state index is 11.8. The lowest BCUT2D eigenvalue weighted by molar-refractivity contribution is 0.606. The molecular formula is C10H4BrCl3O6S3. The van der Waals surface area contributed by atoms with Gasteiger partial charge in [0.1, 0.15) is 0 Å². The third kappa shape index (κ3) is 3.94. The average Bonchev–Trinajstić information content (AvgIpc) is 2.34. The average molecular weight is 503 g/mol. The van der Waals surface area contributed by atoms with Crippen LogP contribution in [0.4, 0.5) is 0 Å². The van der Waals surface area contributed by atoms with E-state index in [9.17, 15) is 25.3 Å². The second kappa shape index (κ2) is 6.01. The van der Waals surface area contributed by atoms with Crippen molar-refractivity contribution in [2.45, 2.75) is 14.7 Å². The minimum atomic E-state index is -4.42. The Balaban J connectivity index is 3.25. The summed E-state index contributed by atoms with van der Waals surface area (Å²) in [6.07, 6.45) is 0. The van der Waals surface area contributed by atoms with E-state index in [0.717, 1.165) is 18.2 Å². The summed E-state index contributed by atoms with van der Waals surface area (Å²) in [5.74, 6) is 0. The van der Waals surface area contributed by atoms with Gasteiger partial charge >= 0.3 is 0 Å². The number of hydrogen-bond donors (Lipinski definition) is 0. The first-order valence-electron chi connectivity index (χ1n) is 5.33. The van der Waals surface area contributed by atoms with Crippen molar-refractivity contribution in [3.05, 3.63) is 28.7 Å². The van der Waals surface area contributed by atoms with Gasteiger partial charge in [0.25, 0.3) is 27.2 Å². The summed E-state index contributed by atoms with van der Waals surface area (Å²) in [4.78, 5) is -1.74. The summed E-state index contributed by atoms with van der Waals surface area (Å²) in [6.45, 7) is 0. The van der Waals surface area contributed by atoms with Gasteiger partial charge in [-0.05, 0) is 24.3 Å². The monoisotopic (exact) mass is 500 g/mol. The van der Waals surface area contributed by atoms with Crippen molar-refractivity contribution >= 4 is 85.9 Å². The predicted molar refractivity (Wildman–Crippen MR) is 90.8 cm³/mol. The van der Waals surface area contributed by atoms with Crippen molar-refractivity contribution in [3.8, 4) is 0 Å². The number of rotatable bonds is 3. The Kier molecular flexibility index (Phi) is 5.02. The maximum atomic E-state index is 11.8. The predicted octanol–water partition coefficient (Wildman–Crippen LogP) is 3.38. The van der Waals surface area contributed by atoms with E-state index in [0.29, 0.717) is 0 Å². The van der Waals surface area contributed by atoms with Gasteiger partial charge < -0.3 is 0 Å². The topological polar surface area (TPSA) is 102 Å². The summed E-state index contributed by atoms with van der Waals surface area (Å²) in [7, 11) is 2.80. The fourth-order valence-electron chi connectivity index (χ4n) is 1.90. The number of fused-ring (bicyclic) bond motifs is 1. The molecule has 23 heavy (non-hydrogen) atoms. The third-order valence-corrected chi connectivity index (χ3v) is 7.49. The van der Waals surface area contributed by atoms with Crippen LogP contribution in [0.1, 0.15) is 0 Å². The fraction of sp³-hybridized carbons (Fsp3) is 0. The van der Waals surface area contributed by atoms with Crippen LogP contribution < -0.4 is 0 Å². The molecule has 2 aromatic carbocycles. The lowest BCUT2D eigenvalue weighted by Gasteiger charge is -2.11.